The standard InChI is InChI=1S/C15H24BrN3/c1-15(2)5-3-12(4-6-15)14(19-17)8-11-7-13(16)10-18-9-11/h7,9-10,12,14,19H,3-6,8,17H2,1-2H3. The summed E-state index contributed by atoms with van der Waals surface area (Å²) in [6.45, 7) is 4.73. The normalized spacial score (nSPS) is 21.3. The Morgan fingerprint density at radius 2 is 2.11 bits per heavy atom. The predicted molar refractivity (Wildman–Crippen MR) is 82.5 cm³/mol. The quantitative estimate of drug-likeness (QED) is 0.658. The zero-order chi connectivity index (χ0) is 13.9. The summed E-state index contributed by atoms with van der Waals surface area (Å²) in [7, 11) is 0. The summed E-state index contributed by atoms with van der Waals surface area (Å²) in [6, 6.07) is 2.48. The Morgan fingerprint density at radius 3 is 2.68 bits per heavy atom. The molecule has 4 heteroatoms. The highest BCUT2D eigenvalue weighted by molar-refractivity contribution is 9.10. The molecule has 106 valence electrons. The average Bonchev–Trinajstić information content (AvgIpc) is 2.36. The number of aromatic nitrogens is 1. The maximum Gasteiger partial charge on any atom is 0.0410 e. The van der Waals surface area contributed by atoms with Crippen LogP contribution in [0.2, 0.25) is 0 Å². The molecular formula is C15H24BrN3. The van der Waals surface area contributed by atoms with Gasteiger partial charge < -0.3 is 0 Å². The first-order chi connectivity index (χ1) is 9.00. The van der Waals surface area contributed by atoms with Gasteiger partial charge in [-0.25, -0.2) is 0 Å². The molecule has 1 saturated carbocycles. The molecule has 0 bridgehead atoms. The lowest BCUT2D eigenvalue weighted by atomic mass is 9.70. The highest BCUT2D eigenvalue weighted by atomic mass is 79.9. The minimum atomic E-state index is 0.354. The van der Waals surface area contributed by atoms with Crippen molar-refractivity contribution in [2.45, 2.75) is 52.0 Å². The Labute approximate surface area is 124 Å². The number of hydrogen-bond acceptors (Lipinski definition) is 3. The van der Waals surface area contributed by atoms with E-state index in [1.165, 1.54) is 31.2 Å². The largest absolute Gasteiger partial charge is 0.271 e. The topological polar surface area (TPSA) is 50.9 Å². The Balaban J connectivity index is 1.97. The van der Waals surface area contributed by atoms with Gasteiger partial charge in [0.25, 0.3) is 0 Å². The third-order valence-corrected chi connectivity index (χ3v) is 4.82. The van der Waals surface area contributed by atoms with Crippen LogP contribution in [0.5, 0.6) is 0 Å². The molecule has 2 rings (SSSR count). The van der Waals surface area contributed by atoms with Gasteiger partial charge in [-0.2, -0.15) is 0 Å². The molecule has 1 unspecified atom stereocenters. The van der Waals surface area contributed by atoms with Crippen LogP contribution in [0.4, 0.5) is 0 Å². The molecular weight excluding hydrogens is 302 g/mol. The first-order valence-electron chi connectivity index (χ1n) is 7.06. The Morgan fingerprint density at radius 1 is 1.42 bits per heavy atom. The average molecular weight is 326 g/mol. The maximum absolute atomic E-state index is 5.77. The summed E-state index contributed by atoms with van der Waals surface area (Å²) in [4.78, 5) is 4.22. The van der Waals surface area contributed by atoms with E-state index in [4.69, 9.17) is 5.84 Å². The van der Waals surface area contributed by atoms with E-state index in [0.717, 1.165) is 10.9 Å². The monoisotopic (exact) mass is 325 g/mol. The van der Waals surface area contributed by atoms with Gasteiger partial charge >= 0.3 is 0 Å². The zero-order valence-corrected chi connectivity index (χ0v) is 13.4. The van der Waals surface area contributed by atoms with Crippen molar-refractivity contribution in [2.75, 3.05) is 0 Å². The van der Waals surface area contributed by atoms with Gasteiger partial charge in [0.2, 0.25) is 0 Å². The van der Waals surface area contributed by atoms with Crippen LogP contribution in [0.15, 0.2) is 22.9 Å². The van der Waals surface area contributed by atoms with Crippen molar-refractivity contribution >= 4 is 15.9 Å². The van der Waals surface area contributed by atoms with Crippen molar-refractivity contribution in [1.29, 1.82) is 0 Å². The van der Waals surface area contributed by atoms with Gasteiger partial charge in [0.15, 0.2) is 0 Å². The van der Waals surface area contributed by atoms with E-state index >= 15 is 0 Å². The van der Waals surface area contributed by atoms with Crippen LogP contribution in [0, 0.1) is 11.3 Å². The first kappa shape index (κ1) is 14.9. The van der Waals surface area contributed by atoms with Gasteiger partial charge in [-0.1, -0.05) is 13.8 Å². The van der Waals surface area contributed by atoms with Gasteiger partial charge in [-0.05, 0) is 71.0 Å². The summed E-state index contributed by atoms with van der Waals surface area (Å²) >= 11 is 3.47. The Bertz CT molecular complexity index is 410. The van der Waals surface area contributed by atoms with Crippen LogP contribution in [-0.2, 0) is 6.42 Å². The molecule has 3 nitrogen and oxygen atoms in total. The van der Waals surface area contributed by atoms with Gasteiger partial charge in [0, 0.05) is 22.9 Å². The van der Waals surface area contributed by atoms with Crippen LogP contribution >= 0.6 is 15.9 Å². The molecule has 0 aliphatic heterocycles. The van der Waals surface area contributed by atoms with E-state index in [9.17, 15) is 0 Å². The molecule has 19 heavy (non-hydrogen) atoms. The fraction of sp³-hybridized carbons (Fsp3) is 0.667. The number of nitrogens with two attached hydrogens (primary N) is 1. The number of halogens is 1. The lowest BCUT2D eigenvalue weighted by Crippen LogP contribution is -2.44. The van der Waals surface area contributed by atoms with Crippen molar-refractivity contribution in [3.05, 3.63) is 28.5 Å². The minimum absolute atomic E-state index is 0.354. The molecule has 0 radical (unpaired) electrons. The predicted octanol–water partition coefficient (Wildman–Crippen LogP) is 3.43. The second kappa shape index (κ2) is 6.33. The lowest BCUT2D eigenvalue weighted by molar-refractivity contribution is 0.161. The summed E-state index contributed by atoms with van der Waals surface area (Å²) in [6.07, 6.45) is 9.83. The van der Waals surface area contributed by atoms with Crippen LogP contribution in [-0.4, -0.2) is 11.0 Å². The second-order valence-corrected chi connectivity index (χ2v) is 7.41. The van der Waals surface area contributed by atoms with E-state index in [2.05, 4.69) is 46.3 Å². The van der Waals surface area contributed by atoms with Crippen LogP contribution in [0.3, 0.4) is 0 Å². The van der Waals surface area contributed by atoms with Crippen molar-refractivity contribution in [1.82, 2.24) is 10.4 Å². The molecule has 1 aromatic rings. The van der Waals surface area contributed by atoms with Crippen molar-refractivity contribution in [3.63, 3.8) is 0 Å². The van der Waals surface area contributed by atoms with Crippen molar-refractivity contribution in [2.24, 2.45) is 17.2 Å². The molecule has 1 heterocycles. The van der Waals surface area contributed by atoms with E-state index in [0.29, 0.717) is 17.4 Å². The number of hydrazine groups is 1. The fourth-order valence-corrected chi connectivity index (χ4v) is 3.42. The third-order valence-electron chi connectivity index (χ3n) is 4.38. The third kappa shape index (κ3) is 4.26. The molecule has 3 N–H and O–H groups in total. The van der Waals surface area contributed by atoms with Crippen LogP contribution < -0.4 is 11.3 Å². The van der Waals surface area contributed by atoms with Gasteiger partial charge in [0.05, 0.1) is 0 Å². The van der Waals surface area contributed by atoms with E-state index in [1.54, 1.807) is 0 Å². The Kier molecular flexibility index (Phi) is 4.98. The molecule has 1 atom stereocenters. The van der Waals surface area contributed by atoms with Crippen LogP contribution in [0.25, 0.3) is 0 Å². The number of nitrogens with zero attached hydrogens (tertiary/aromatic N) is 1. The lowest BCUT2D eigenvalue weighted by Gasteiger charge is -2.37. The molecule has 0 saturated heterocycles. The molecule has 0 spiro atoms. The van der Waals surface area contributed by atoms with Crippen LogP contribution in [0.1, 0.15) is 45.1 Å². The molecule has 0 amide bonds. The molecule has 1 fully saturated rings. The van der Waals surface area contributed by atoms with Gasteiger partial charge in [0.1, 0.15) is 0 Å². The van der Waals surface area contributed by atoms with E-state index in [1.807, 2.05) is 12.4 Å². The first-order valence-corrected chi connectivity index (χ1v) is 7.85. The van der Waals surface area contributed by atoms with Crippen molar-refractivity contribution < 1.29 is 0 Å². The van der Waals surface area contributed by atoms with Crippen molar-refractivity contribution in [3.8, 4) is 0 Å². The molecule has 0 aromatic carbocycles. The molecule has 1 aliphatic carbocycles. The minimum Gasteiger partial charge on any atom is -0.271 e. The highest BCUT2D eigenvalue weighted by Crippen LogP contribution is 2.39. The summed E-state index contributed by atoms with van der Waals surface area (Å²) in [5, 5.41) is 0. The van der Waals surface area contributed by atoms with Gasteiger partial charge in [-0.15, -0.1) is 0 Å². The number of pyridine rings is 1. The molecule has 1 aromatic heterocycles. The highest BCUT2D eigenvalue weighted by Gasteiger charge is 2.30. The summed E-state index contributed by atoms with van der Waals surface area (Å²) in [5.74, 6) is 6.45. The maximum atomic E-state index is 5.77. The smallest absolute Gasteiger partial charge is 0.0410 e. The van der Waals surface area contributed by atoms with E-state index in [-0.39, 0.29) is 0 Å². The SMILES string of the molecule is CC1(C)CCC(C(Cc2cncc(Br)c2)NN)CC1. The Hall–Kier alpha value is -0.450. The summed E-state index contributed by atoms with van der Waals surface area (Å²) < 4.78 is 1.03. The van der Waals surface area contributed by atoms with Gasteiger partial charge in [-0.3, -0.25) is 16.3 Å². The number of nitrogens with one attached hydrogen (secondary N) is 1. The zero-order valence-electron chi connectivity index (χ0n) is 11.8. The second-order valence-electron chi connectivity index (χ2n) is 6.49. The fourth-order valence-electron chi connectivity index (χ4n) is 3.01. The number of rotatable bonds is 4. The summed E-state index contributed by atoms with van der Waals surface area (Å²) in [5.41, 5.74) is 4.77. The number of hydrogen-bond donors (Lipinski definition) is 2. The molecule has 1 aliphatic rings. The van der Waals surface area contributed by atoms with E-state index < -0.39 is 0 Å².